The average molecular weight is 220 g/mol. The quantitative estimate of drug-likeness (QED) is 0.760. The summed E-state index contributed by atoms with van der Waals surface area (Å²) in [6, 6.07) is 2.32. The Labute approximate surface area is 97.5 Å². The van der Waals surface area contributed by atoms with Gasteiger partial charge in [0.2, 0.25) is 0 Å². The summed E-state index contributed by atoms with van der Waals surface area (Å²) in [7, 11) is 4.05. The van der Waals surface area contributed by atoms with Gasteiger partial charge in [0.25, 0.3) is 0 Å². The highest BCUT2D eigenvalue weighted by Crippen LogP contribution is 2.18. The summed E-state index contributed by atoms with van der Waals surface area (Å²) in [5.41, 5.74) is -0.240. The van der Waals surface area contributed by atoms with Crippen molar-refractivity contribution in [1.29, 1.82) is 5.26 Å². The first-order valence-electron chi connectivity index (χ1n) is 5.50. The first kappa shape index (κ1) is 12.7. The number of rotatable bonds is 5. The minimum absolute atomic E-state index is 0.240. The Hall–Kier alpha value is -1.34. The van der Waals surface area contributed by atoms with Crippen molar-refractivity contribution in [3.05, 3.63) is 18.2 Å². The van der Waals surface area contributed by atoms with Gasteiger partial charge in [-0.05, 0) is 33.9 Å². The van der Waals surface area contributed by atoms with Crippen molar-refractivity contribution < 1.29 is 0 Å². The maximum Gasteiger partial charge on any atom is 0.122 e. The van der Waals surface area contributed by atoms with E-state index in [2.05, 4.69) is 23.0 Å². The van der Waals surface area contributed by atoms with Crippen LogP contribution in [0.5, 0.6) is 0 Å². The Morgan fingerprint density at radius 1 is 1.56 bits per heavy atom. The molecule has 1 aromatic heterocycles. The van der Waals surface area contributed by atoms with Gasteiger partial charge >= 0.3 is 0 Å². The highest BCUT2D eigenvalue weighted by atomic mass is 15.1. The van der Waals surface area contributed by atoms with Crippen molar-refractivity contribution in [1.82, 2.24) is 14.5 Å². The molecule has 0 spiro atoms. The number of aryl methyl sites for hydroxylation is 1. The van der Waals surface area contributed by atoms with Gasteiger partial charge in [-0.3, -0.25) is 4.90 Å². The van der Waals surface area contributed by atoms with E-state index in [-0.39, 0.29) is 5.41 Å². The lowest BCUT2D eigenvalue weighted by Crippen LogP contribution is -2.25. The molecule has 1 aromatic rings. The summed E-state index contributed by atoms with van der Waals surface area (Å²) in [4.78, 5) is 6.47. The lowest BCUT2D eigenvalue weighted by Gasteiger charge is -2.21. The average Bonchev–Trinajstić information content (AvgIpc) is 2.62. The van der Waals surface area contributed by atoms with Crippen LogP contribution in [0, 0.1) is 16.7 Å². The van der Waals surface area contributed by atoms with Gasteiger partial charge in [0.05, 0.1) is 18.0 Å². The van der Waals surface area contributed by atoms with Gasteiger partial charge in [0, 0.05) is 19.4 Å². The fourth-order valence-corrected chi connectivity index (χ4v) is 1.40. The molecule has 0 atom stereocenters. The zero-order valence-electron chi connectivity index (χ0n) is 10.6. The third-order valence-corrected chi connectivity index (χ3v) is 2.75. The number of nitriles is 1. The second-order valence-corrected chi connectivity index (χ2v) is 4.94. The van der Waals surface area contributed by atoms with Gasteiger partial charge in [0.1, 0.15) is 5.82 Å². The topological polar surface area (TPSA) is 44.9 Å². The number of hydrogen-bond acceptors (Lipinski definition) is 3. The fraction of sp³-hybridized carbons (Fsp3) is 0.667. The molecule has 0 aliphatic carbocycles. The Balaban J connectivity index is 2.41. The molecule has 0 saturated heterocycles. The number of aromatic nitrogens is 2. The first-order valence-corrected chi connectivity index (χ1v) is 5.50. The molecular weight excluding hydrogens is 200 g/mol. The molecule has 0 saturated carbocycles. The fourth-order valence-electron chi connectivity index (χ4n) is 1.40. The molecule has 0 N–H and O–H groups in total. The zero-order chi connectivity index (χ0) is 12.2. The molecule has 0 aliphatic rings. The molecule has 0 fully saturated rings. The van der Waals surface area contributed by atoms with Crippen LogP contribution >= 0.6 is 0 Å². The standard InChI is InChI=1S/C12H20N4/c1-12(2,10-13)5-7-15(3)9-11-14-6-8-16(11)4/h6,8H,5,7,9H2,1-4H3. The van der Waals surface area contributed by atoms with E-state index >= 15 is 0 Å². The number of nitrogens with zero attached hydrogens (tertiary/aromatic N) is 4. The summed E-state index contributed by atoms with van der Waals surface area (Å²) in [5.74, 6) is 1.05. The lowest BCUT2D eigenvalue weighted by atomic mass is 9.91. The molecule has 0 radical (unpaired) electrons. The Morgan fingerprint density at radius 2 is 2.25 bits per heavy atom. The minimum Gasteiger partial charge on any atom is -0.337 e. The predicted molar refractivity (Wildman–Crippen MR) is 63.6 cm³/mol. The maximum absolute atomic E-state index is 8.92. The van der Waals surface area contributed by atoms with E-state index in [0.29, 0.717) is 0 Å². The van der Waals surface area contributed by atoms with Crippen LogP contribution in [0.4, 0.5) is 0 Å². The summed E-state index contributed by atoms with van der Waals surface area (Å²) in [6.45, 7) is 5.68. The second-order valence-electron chi connectivity index (χ2n) is 4.94. The summed E-state index contributed by atoms with van der Waals surface area (Å²) < 4.78 is 2.02. The smallest absolute Gasteiger partial charge is 0.122 e. The van der Waals surface area contributed by atoms with Crippen LogP contribution in [-0.2, 0) is 13.6 Å². The minimum atomic E-state index is -0.240. The monoisotopic (exact) mass is 220 g/mol. The van der Waals surface area contributed by atoms with Gasteiger partial charge in [-0.2, -0.15) is 5.26 Å². The lowest BCUT2D eigenvalue weighted by molar-refractivity contribution is 0.272. The maximum atomic E-state index is 8.92. The predicted octanol–water partition coefficient (Wildman–Crippen LogP) is 1.79. The van der Waals surface area contributed by atoms with E-state index in [4.69, 9.17) is 5.26 Å². The Morgan fingerprint density at radius 3 is 2.75 bits per heavy atom. The third kappa shape index (κ3) is 3.67. The number of imidazole rings is 1. The molecule has 16 heavy (non-hydrogen) atoms. The van der Waals surface area contributed by atoms with Gasteiger partial charge in [0.15, 0.2) is 0 Å². The van der Waals surface area contributed by atoms with Crippen molar-refractivity contribution >= 4 is 0 Å². The molecule has 0 bridgehead atoms. The second kappa shape index (κ2) is 5.13. The van der Waals surface area contributed by atoms with E-state index in [1.807, 2.05) is 37.9 Å². The molecule has 0 unspecified atom stereocenters. The number of hydrogen-bond donors (Lipinski definition) is 0. The van der Waals surface area contributed by atoms with Crippen LogP contribution in [0.1, 0.15) is 26.1 Å². The molecule has 0 aliphatic heterocycles. The summed E-state index contributed by atoms with van der Waals surface area (Å²) >= 11 is 0. The highest BCUT2D eigenvalue weighted by Gasteiger charge is 2.17. The van der Waals surface area contributed by atoms with Crippen molar-refractivity contribution in [3.63, 3.8) is 0 Å². The third-order valence-electron chi connectivity index (χ3n) is 2.75. The highest BCUT2D eigenvalue weighted by molar-refractivity contribution is 4.93. The van der Waals surface area contributed by atoms with Crippen LogP contribution in [0.15, 0.2) is 12.4 Å². The molecular formula is C12H20N4. The summed E-state index contributed by atoms with van der Waals surface area (Å²) in [5, 5.41) is 8.92. The van der Waals surface area contributed by atoms with Crippen LogP contribution in [0.2, 0.25) is 0 Å². The van der Waals surface area contributed by atoms with Crippen LogP contribution < -0.4 is 0 Å². The largest absolute Gasteiger partial charge is 0.337 e. The zero-order valence-corrected chi connectivity index (χ0v) is 10.6. The van der Waals surface area contributed by atoms with Crippen LogP contribution in [0.3, 0.4) is 0 Å². The van der Waals surface area contributed by atoms with Gasteiger partial charge in [-0.15, -0.1) is 0 Å². The van der Waals surface area contributed by atoms with E-state index in [1.54, 1.807) is 0 Å². The van der Waals surface area contributed by atoms with Gasteiger partial charge in [-0.1, -0.05) is 0 Å². The molecule has 0 aromatic carbocycles. The van der Waals surface area contributed by atoms with E-state index in [1.165, 1.54) is 0 Å². The van der Waals surface area contributed by atoms with E-state index in [0.717, 1.165) is 25.3 Å². The summed E-state index contributed by atoms with van der Waals surface area (Å²) in [6.07, 6.45) is 4.63. The Kier molecular flexibility index (Phi) is 4.08. The molecule has 88 valence electrons. The van der Waals surface area contributed by atoms with Crippen molar-refractivity contribution in [3.8, 4) is 6.07 Å². The SMILES string of the molecule is CN(CCC(C)(C)C#N)Cc1nccn1C. The molecule has 4 nitrogen and oxygen atoms in total. The van der Waals surface area contributed by atoms with Crippen molar-refractivity contribution in [2.75, 3.05) is 13.6 Å². The molecule has 1 heterocycles. The Bertz CT molecular complexity index is 373. The van der Waals surface area contributed by atoms with E-state index < -0.39 is 0 Å². The molecule has 0 amide bonds. The van der Waals surface area contributed by atoms with Crippen LogP contribution in [-0.4, -0.2) is 28.0 Å². The van der Waals surface area contributed by atoms with Crippen molar-refractivity contribution in [2.45, 2.75) is 26.8 Å². The van der Waals surface area contributed by atoms with Crippen LogP contribution in [0.25, 0.3) is 0 Å². The normalized spacial score (nSPS) is 11.8. The molecule has 4 heteroatoms. The first-order chi connectivity index (χ1) is 7.44. The van der Waals surface area contributed by atoms with Gasteiger partial charge in [-0.25, -0.2) is 4.98 Å². The van der Waals surface area contributed by atoms with Gasteiger partial charge < -0.3 is 4.57 Å². The van der Waals surface area contributed by atoms with Crippen molar-refractivity contribution in [2.24, 2.45) is 12.5 Å². The van der Waals surface area contributed by atoms with E-state index in [9.17, 15) is 0 Å². The molecule has 1 rings (SSSR count).